The van der Waals surface area contributed by atoms with Crippen molar-refractivity contribution in [1.82, 2.24) is 25.1 Å². The fraction of sp³-hybridized carbons (Fsp3) is 0.308. The zero-order valence-electron chi connectivity index (χ0n) is 19.1. The van der Waals surface area contributed by atoms with Crippen molar-refractivity contribution in [3.8, 4) is 0 Å². The van der Waals surface area contributed by atoms with Crippen molar-refractivity contribution in [2.75, 3.05) is 11.4 Å². The third-order valence-electron chi connectivity index (χ3n) is 6.45. The molecule has 4 aromatic rings. The first kappa shape index (κ1) is 21.3. The fourth-order valence-corrected chi connectivity index (χ4v) is 4.64. The number of nitrogens with zero attached hydrogens (tertiary/aromatic N) is 5. The number of allylic oxidation sites excluding steroid dienone is 2. The summed E-state index contributed by atoms with van der Waals surface area (Å²) in [6, 6.07) is 12.4. The van der Waals surface area contributed by atoms with Crippen molar-refractivity contribution in [2.24, 2.45) is 5.73 Å². The van der Waals surface area contributed by atoms with Gasteiger partial charge in [0.25, 0.3) is 0 Å². The molecular formula is C26H29N7. The van der Waals surface area contributed by atoms with Crippen LogP contribution in [0.5, 0.6) is 0 Å². The molecule has 0 saturated carbocycles. The molecule has 168 valence electrons. The van der Waals surface area contributed by atoms with E-state index in [-0.39, 0.29) is 6.04 Å². The number of H-pyrrole nitrogens is 1. The zero-order chi connectivity index (χ0) is 22.8. The summed E-state index contributed by atoms with van der Waals surface area (Å²) < 4.78 is 0. The lowest BCUT2D eigenvalue weighted by Crippen LogP contribution is -2.25. The lowest BCUT2D eigenvalue weighted by molar-refractivity contribution is 0.661. The van der Waals surface area contributed by atoms with Crippen LogP contribution in [0.3, 0.4) is 0 Å². The lowest BCUT2D eigenvalue weighted by Gasteiger charge is -2.28. The van der Waals surface area contributed by atoms with E-state index in [1.165, 1.54) is 11.1 Å². The predicted molar refractivity (Wildman–Crippen MR) is 132 cm³/mol. The highest BCUT2D eigenvalue weighted by atomic mass is 15.3. The quantitative estimate of drug-likeness (QED) is 0.438. The van der Waals surface area contributed by atoms with Crippen LogP contribution in [0.15, 0.2) is 54.9 Å². The van der Waals surface area contributed by atoms with Gasteiger partial charge in [0, 0.05) is 18.8 Å². The molecule has 0 saturated heterocycles. The van der Waals surface area contributed by atoms with E-state index in [1.807, 2.05) is 37.5 Å². The molecule has 4 heterocycles. The fourth-order valence-electron chi connectivity index (χ4n) is 4.64. The Hall–Kier alpha value is -3.58. The van der Waals surface area contributed by atoms with Crippen molar-refractivity contribution < 1.29 is 0 Å². The first-order valence-electron chi connectivity index (χ1n) is 11.5. The van der Waals surface area contributed by atoms with E-state index in [0.717, 1.165) is 66.2 Å². The SMILES string of the molecule is C/C=C(\CC[C@@H](N)c1ccccc1C)c1cnc2c(N3CCCc4ncccc43)n[nH]c2n1. The molecule has 1 aromatic carbocycles. The van der Waals surface area contributed by atoms with Crippen molar-refractivity contribution >= 4 is 28.2 Å². The minimum atomic E-state index is -0.00984. The van der Waals surface area contributed by atoms with E-state index in [1.54, 1.807) is 0 Å². The summed E-state index contributed by atoms with van der Waals surface area (Å²) in [7, 11) is 0. The monoisotopic (exact) mass is 439 g/mol. The van der Waals surface area contributed by atoms with Gasteiger partial charge in [-0.25, -0.2) is 9.97 Å². The van der Waals surface area contributed by atoms with Gasteiger partial charge in [-0.1, -0.05) is 30.3 Å². The largest absolute Gasteiger partial charge is 0.324 e. The first-order chi connectivity index (χ1) is 16.2. The number of nitrogens with one attached hydrogen (secondary N) is 1. The molecule has 0 spiro atoms. The molecule has 0 radical (unpaired) electrons. The predicted octanol–water partition coefficient (Wildman–Crippen LogP) is 5.02. The van der Waals surface area contributed by atoms with Crippen LogP contribution in [0.4, 0.5) is 11.5 Å². The van der Waals surface area contributed by atoms with Gasteiger partial charge in [0.1, 0.15) is 0 Å². The van der Waals surface area contributed by atoms with Crippen LogP contribution in [0, 0.1) is 6.92 Å². The van der Waals surface area contributed by atoms with Crippen LogP contribution in [0.2, 0.25) is 0 Å². The summed E-state index contributed by atoms with van der Waals surface area (Å²) in [5, 5.41) is 7.67. The molecule has 0 unspecified atom stereocenters. The summed E-state index contributed by atoms with van der Waals surface area (Å²) >= 11 is 0. The number of aromatic nitrogens is 5. The van der Waals surface area contributed by atoms with E-state index < -0.39 is 0 Å². The summed E-state index contributed by atoms with van der Waals surface area (Å²) in [6.07, 6.45) is 9.50. The van der Waals surface area contributed by atoms with Crippen LogP contribution in [-0.2, 0) is 6.42 Å². The Bertz CT molecular complexity index is 1310. The highest BCUT2D eigenvalue weighted by Gasteiger charge is 2.24. The van der Waals surface area contributed by atoms with Gasteiger partial charge in [-0.15, -0.1) is 0 Å². The molecule has 1 atom stereocenters. The zero-order valence-corrected chi connectivity index (χ0v) is 19.1. The summed E-state index contributed by atoms with van der Waals surface area (Å²) in [5.41, 5.74) is 14.6. The summed E-state index contributed by atoms with van der Waals surface area (Å²) in [4.78, 5) is 16.3. The lowest BCUT2D eigenvalue weighted by atomic mass is 9.95. The number of nitrogens with two attached hydrogens (primary N) is 1. The van der Waals surface area contributed by atoms with Crippen molar-refractivity contribution in [3.63, 3.8) is 0 Å². The molecule has 3 aromatic heterocycles. The van der Waals surface area contributed by atoms with Gasteiger partial charge in [0.2, 0.25) is 0 Å². The highest BCUT2D eigenvalue weighted by Crippen LogP contribution is 2.34. The van der Waals surface area contributed by atoms with E-state index in [9.17, 15) is 0 Å². The Morgan fingerprint density at radius 1 is 1.21 bits per heavy atom. The van der Waals surface area contributed by atoms with Crippen LogP contribution in [0.1, 0.15) is 54.7 Å². The van der Waals surface area contributed by atoms with Gasteiger partial charge in [-0.3, -0.25) is 10.1 Å². The van der Waals surface area contributed by atoms with Crippen LogP contribution >= 0.6 is 0 Å². The first-order valence-corrected chi connectivity index (χ1v) is 11.5. The van der Waals surface area contributed by atoms with Crippen LogP contribution < -0.4 is 10.6 Å². The van der Waals surface area contributed by atoms with E-state index in [2.05, 4.69) is 51.3 Å². The number of aromatic amines is 1. The number of fused-ring (bicyclic) bond motifs is 2. The van der Waals surface area contributed by atoms with Crippen molar-refractivity contribution in [3.05, 3.63) is 77.4 Å². The molecule has 0 fully saturated rings. The second-order valence-electron chi connectivity index (χ2n) is 8.54. The standard InChI is InChI=1S/C26H29N7/c1-3-18(12-13-20(27)19-9-5-4-8-17(19)2)22-16-29-24-25(30-22)31-32-26(24)33-15-7-10-21-23(33)11-6-14-28-21/h3-6,8-9,11,14,16,20H,7,10,12-13,15,27H2,1-2H3,(H,30,31,32)/b18-3+/t20-/m1/s1. The summed E-state index contributed by atoms with van der Waals surface area (Å²) in [6.45, 7) is 5.04. The molecule has 5 rings (SSSR count). The Balaban J connectivity index is 1.37. The van der Waals surface area contributed by atoms with Gasteiger partial charge in [-0.05, 0) is 68.4 Å². The van der Waals surface area contributed by atoms with Crippen LogP contribution in [-0.4, -0.2) is 31.7 Å². The molecule has 7 nitrogen and oxygen atoms in total. The van der Waals surface area contributed by atoms with Gasteiger partial charge in [0.05, 0.1) is 23.3 Å². The van der Waals surface area contributed by atoms with E-state index in [4.69, 9.17) is 15.7 Å². The van der Waals surface area contributed by atoms with Gasteiger partial charge in [0.15, 0.2) is 17.0 Å². The Morgan fingerprint density at radius 2 is 2.09 bits per heavy atom. The summed E-state index contributed by atoms with van der Waals surface area (Å²) in [5.74, 6) is 0.807. The van der Waals surface area contributed by atoms with E-state index in [0.29, 0.717) is 5.65 Å². The third kappa shape index (κ3) is 4.12. The molecule has 7 heteroatoms. The Kier molecular flexibility index (Phi) is 5.88. The minimum absolute atomic E-state index is 0.00984. The Labute approximate surface area is 193 Å². The van der Waals surface area contributed by atoms with Crippen LogP contribution in [0.25, 0.3) is 16.7 Å². The maximum Gasteiger partial charge on any atom is 0.183 e. The molecule has 3 N–H and O–H groups in total. The molecular weight excluding hydrogens is 410 g/mol. The second-order valence-corrected chi connectivity index (χ2v) is 8.54. The minimum Gasteiger partial charge on any atom is -0.324 e. The average Bonchev–Trinajstić information content (AvgIpc) is 3.27. The van der Waals surface area contributed by atoms with Crippen molar-refractivity contribution in [2.45, 2.75) is 45.6 Å². The molecule has 33 heavy (non-hydrogen) atoms. The number of rotatable bonds is 6. The molecule has 0 bridgehead atoms. The topological polar surface area (TPSA) is 96.6 Å². The third-order valence-corrected chi connectivity index (χ3v) is 6.45. The smallest absolute Gasteiger partial charge is 0.183 e. The van der Waals surface area contributed by atoms with Crippen molar-refractivity contribution in [1.29, 1.82) is 0 Å². The Morgan fingerprint density at radius 3 is 2.94 bits per heavy atom. The van der Waals surface area contributed by atoms with Gasteiger partial charge < -0.3 is 10.6 Å². The number of aryl methyl sites for hydroxylation is 2. The number of benzene rings is 1. The van der Waals surface area contributed by atoms with Gasteiger partial charge >= 0.3 is 0 Å². The maximum atomic E-state index is 6.50. The number of pyridine rings is 1. The number of anilines is 2. The highest BCUT2D eigenvalue weighted by molar-refractivity contribution is 5.87. The molecule has 0 aliphatic carbocycles. The van der Waals surface area contributed by atoms with Gasteiger partial charge in [-0.2, -0.15) is 5.10 Å². The van der Waals surface area contributed by atoms with E-state index >= 15 is 0 Å². The number of hydrogen-bond donors (Lipinski definition) is 2. The molecule has 1 aliphatic heterocycles. The maximum absolute atomic E-state index is 6.50. The number of hydrogen-bond acceptors (Lipinski definition) is 6. The molecule has 0 amide bonds. The molecule has 1 aliphatic rings. The second kappa shape index (κ2) is 9.11. The normalized spacial score (nSPS) is 15.0. The average molecular weight is 440 g/mol.